The fraction of sp³-hybridized carbons (Fsp3) is 0.571. The molecule has 0 bridgehead atoms. The summed E-state index contributed by atoms with van der Waals surface area (Å²) < 4.78 is 38.1. The van der Waals surface area contributed by atoms with Gasteiger partial charge in [-0.05, 0) is 30.7 Å². The van der Waals surface area contributed by atoms with E-state index < -0.39 is 24.0 Å². The number of nitrogens with one attached hydrogen (secondary N) is 2. The Morgan fingerprint density at radius 3 is 2.73 bits per heavy atom. The normalized spacial score (nSPS) is 22.1. The summed E-state index contributed by atoms with van der Waals surface area (Å²) in [5.74, 6) is -2.17. The zero-order chi connectivity index (χ0) is 16.2. The maximum absolute atomic E-state index is 12.7. The number of carbonyl (C=O) groups is 2. The van der Waals surface area contributed by atoms with Gasteiger partial charge in [0.05, 0.1) is 17.3 Å². The molecule has 8 heteroatoms. The van der Waals surface area contributed by atoms with Crippen LogP contribution in [0.4, 0.5) is 13.2 Å². The van der Waals surface area contributed by atoms with Crippen LogP contribution in [0.3, 0.4) is 0 Å². The largest absolute Gasteiger partial charge is 0.391 e. The molecule has 4 nitrogen and oxygen atoms in total. The minimum atomic E-state index is -4.21. The van der Waals surface area contributed by atoms with Gasteiger partial charge >= 0.3 is 6.18 Å². The van der Waals surface area contributed by atoms with E-state index in [1.807, 2.05) is 0 Å². The molecule has 0 radical (unpaired) electrons. The molecule has 2 N–H and O–H groups in total. The Hall–Kier alpha value is -1.57. The molecule has 2 rings (SSSR count). The van der Waals surface area contributed by atoms with Gasteiger partial charge in [-0.3, -0.25) is 9.59 Å². The lowest BCUT2D eigenvalue weighted by molar-refractivity contribution is -0.184. The lowest BCUT2D eigenvalue weighted by Crippen LogP contribution is -2.45. The van der Waals surface area contributed by atoms with Crippen LogP contribution in [0.1, 0.15) is 35.4 Å². The number of thiophene rings is 1. The monoisotopic (exact) mass is 334 g/mol. The van der Waals surface area contributed by atoms with Gasteiger partial charge < -0.3 is 10.6 Å². The number of hydrogen-bond acceptors (Lipinski definition) is 3. The van der Waals surface area contributed by atoms with E-state index in [9.17, 15) is 22.8 Å². The molecule has 1 saturated carbocycles. The first-order chi connectivity index (χ1) is 10.4. The Morgan fingerprint density at radius 1 is 1.32 bits per heavy atom. The second-order valence-electron chi connectivity index (χ2n) is 5.33. The highest BCUT2D eigenvalue weighted by atomic mass is 32.1. The highest BCUT2D eigenvalue weighted by molar-refractivity contribution is 7.12. The lowest BCUT2D eigenvalue weighted by Gasteiger charge is -2.31. The zero-order valence-electron chi connectivity index (χ0n) is 11.8. The molecule has 1 fully saturated rings. The molecule has 0 aliphatic heterocycles. The van der Waals surface area contributed by atoms with Gasteiger partial charge in [-0.15, -0.1) is 11.3 Å². The summed E-state index contributed by atoms with van der Waals surface area (Å²) in [4.78, 5) is 23.9. The molecule has 2 unspecified atom stereocenters. The maximum atomic E-state index is 12.7. The predicted molar refractivity (Wildman–Crippen MR) is 76.6 cm³/mol. The molecule has 1 heterocycles. The summed E-state index contributed by atoms with van der Waals surface area (Å²) in [6.07, 6.45) is -3.20. The Bertz CT molecular complexity index is 517. The molecular weight excluding hydrogens is 317 g/mol. The minimum Gasteiger partial charge on any atom is -0.352 e. The van der Waals surface area contributed by atoms with Crippen molar-refractivity contribution in [1.82, 2.24) is 10.6 Å². The SMILES string of the molecule is O=C(CNC(=O)c1cccs1)NC1CCCC(C(F)(F)F)C1. The zero-order valence-corrected chi connectivity index (χ0v) is 12.6. The van der Waals surface area contributed by atoms with Crippen molar-refractivity contribution in [3.63, 3.8) is 0 Å². The van der Waals surface area contributed by atoms with Crippen molar-refractivity contribution in [2.45, 2.75) is 37.9 Å². The lowest BCUT2D eigenvalue weighted by atomic mass is 9.85. The van der Waals surface area contributed by atoms with E-state index in [4.69, 9.17) is 0 Å². The van der Waals surface area contributed by atoms with E-state index in [0.717, 1.165) is 0 Å². The van der Waals surface area contributed by atoms with E-state index in [1.54, 1.807) is 17.5 Å². The van der Waals surface area contributed by atoms with Crippen molar-refractivity contribution >= 4 is 23.2 Å². The molecule has 22 heavy (non-hydrogen) atoms. The summed E-state index contributed by atoms with van der Waals surface area (Å²) in [5.41, 5.74) is 0. The molecule has 122 valence electrons. The van der Waals surface area contributed by atoms with Crippen LogP contribution in [0.2, 0.25) is 0 Å². The number of carbonyl (C=O) groups excluding carboxylic acids is 2. The second-order valence-corrected chi connectivity index (χ2v) is 6.28. The number of alkyl halides is 3. The van der Waals surface area contributed by atoms with Gasteiger partial charge in [0, 0.05) is 6.04 Å². The Labute approximate surface area is 130 Å². The van der Waals surface area contributed by atoms with E-state index in [2.05, 4.69) is 10.6 Å². The van der Waals surface area contributed by atoms with Crippen LogP contribution in [-0.4, -0.2) is 30.6 Å². The summed E-state index contributed by atoms with van der Waals surface area (Å²) in [6, 6.07) is 2.87. The smallest absolute Gasteiger partial charge is 0.352 e. The van der Waals surface area contributed by atoms with Crippen LogP contribution >= 0.6 is 11.3 Å². The first kappa shape index (κ1) is 16.8. The highest BCUT2D eigenvalue weighted by Crippen LogP contribution is 2.37. The van der Waals surface area contributed by atoms with Crippen molar-refractivity contribution in [2.75, 3.05) is 6.54 Å². The van der Waals surface area contributed by atoms with Crippen molar-refractivity contribution in [3.05, 3.63) is 22.4 Å². The standard InChI is InChI=1S/C14H17F3N2O2S/c15-14(16,17)9-3-1-4-10(7-9)19-12(20)8-18-13(21)11-5-2-6-22-11/h2,5-6,9-10H,1,3-4,7-8H2,(H,18,21)(H,19,20). The van der Waals surface area contributed by atoms with Gasteiger partial charge in [0.25, 0.3) is 5.91 Å². The predicted octanol–water partition coefficient (Wildman–Crippen LogP) is 2.72. The van der Waals surface area contributed by atoms with E-state index >= 15 is 0 Å². The van der Waals surface area contributed by atoms with Crippen LogP contribution in [0.15, 0.2) is 17.5 Å². The molecule has 1 aliphatic rings. The molecule has 1 aliphatic carbocycles. The van der Waals surface area contributed by atoms with Crippen molar-refractivity contribution in [2.24, 2.45) is 5.92 Å². The van der Waals surface area contributed by atoms with E-state index in [1.165, 1.54) is 11.3 Å². The topological polar surface area (TPSA) is 58.2 Å². The fourth-order valence-electron chi connectivity index (χ4n) is 2.55. The Balaban J connectivity index is 1.76. The first-order valence-corrected chi connectivity index (χ1v) is 7.92. The number of halogens is 3. The number of rotatable bonds is 4. The Morgan fingerprint density at radius 2 is 2.09 bits per heavy atom. The molecule has 1 aromatic heterocycles. The number of amides is 2. The summed E-state index contributed by atoms with van der Waals surface area (Å²) >= 11 is 1.25. The van der Waals surface area contributed by atoms with Crippen LogP contribution in [0.25, 0.3) is 0 Å². The third kappa shape index (κ3) is 4.72. The minimum absolute atomic E-state index is 0.0892. The maximum Gasteiger partial charge on any atom is 0.391 e. The molecule has 2 atom stereocenters. The van der Waals surface area contributed by atoms with E-state index in [0.29, 0.717) is 17.7 Å². The van der Waals surface area contributed by atoms with Crippen molar-refractivity contribution < 1.29 is 22.8 Å². The van der Waals surface area contributed by atoms with Crippen LogP contribution < -0.4 is 10.6 Å². The highest BCUT2D eigenvalue weighted by Gasteiger charge is 2.42. The quantitative estimate of drug-likeness (QED) is 0.889. The molecule has 0 spiro atoms. The molecule has 0 saturated heterocycles. The second kappa shape index (κ2) is 7.13. The van der Waals surface area contributed by atoms with Gasteiger partial charge in [0.2, 0.25) is 5.91 Å². The molecular formula is C14H17F3N2O2S. The molecule has 2 amide bonds. The van der Waals surface area contributed by atoms with Crippen molar-refractivity contribution in [1.29, 1.82) is 0 Å². The van der Waals surface area contributed by atoms with E-state index in [-0.39, 0.29) is 25.3 Å². The first-order valence-electron chi connectivity index (χ1n) is 7.04. The molecule has 0 aromatic carbocycles. The van der Waals surface area contributed by atoms with Crippen LogP contribution in [0.5, 0.6) is 0 Å². The number of hydrogen-bond donors (Lipinski definition) is 2. The van der Waals surface area contributed by atoms with Crippen LogP contribution in [-0.2, 0) is 4.79 Å². The Kier molecular flexibility index (Phi) is 5.44. The van der Waals surface area contributed by atoms with Gasteiger partial charge in [0.15, 0.2) is 0 Å². The van der Waals surface area contributed by atoms with Gasteiger partial charge in [-0.2, -0.15) is 13.2 Å². The fourth-order valence-corrected chi connectivity index (χ4v) is 3.19. The average molecular weight is 334 g/mol. The van der Waals surface area contributed by atoms with Crippen molar-refractivity contribution in [3.8, 4) is 0 Å². The van der Waals surface area contributed by atoms with Gasteiger partial charge in [-0.1, -0.05) is 12.5 Å². The summed E-state index contributed by atoms with van der Waals surface area (Å²) in [6.45, 7) is -0.232. The molecule has 1 aromatic rings. The van der Waals surface area contributed by atoms with Gasteiger partial charge in [-0.25, -0.2) is 0 Å². The summed E-state index contributed by atoms with van der Waals surface area (Å²) in [7, 11) is 0. The average Bonchev–Trinajstić information content (AvgIpc) is 2.98. The third-order valence-corrected chi connectivity index (χ3v) is 4.53. The third-order valence-electron chi connectivity index (χ3n) is 3.66. The summed E-state index contributed by atoms with van der Waals surface area (Å²) in [5, 5.41) is 6.77. The van der Waals surface area contributed by atoms with Gasteiger partial charge in [0.1, 0.15) is 0 Å². The van der Waals surface area contributed by atoms with Crippen LogP contribution in [0, 0.1) is 5.92 Å².